The lowest BCUT2D eigenvalue weighted by atomic mass is 9.89. The summed E-state index contributed by atoms with van der Waals surface area (Å²) in [6, 6.07) is 0. The van der Waals surface area contributed by atoms with Crippen LogP contribution in [0.2, 0.25) is 0 Å². The molecule has 0 saturated carbocycles. The maximum absolute atomic E-state index is 11.1. The van der Waals surface area contributed by atoms with Crippen molar-refractivity contribution in [3.8, 4) is 0 Å². The molecule has 2 heterocycles. The van der Waals surface area contributed by atoms with Gasteiger partial charge >= 0.3 is 0 Å². The van der Waals surface area contributed by atoms with Gasteiger partial charge in [-0.1, -0.05) is 0 Å². The van der Waals surface area contributed by atoms with Gasteiger partial charge in [-0.15, -0.1) is 0 Å². The zero-order chi connectivity index (χ0) is 6.97. The van der Waals surface area contributed by atoms with Gasteiger partial charge in [0.15, 0.2) is 0 Å². The van der Waals surface area contributed by atoms with Crippen molar-refractivity contribution in [3.05, 3.63) is 0 Å². The highest BCUT2D eigenvalue weighted by atomic mass is 16.2. The van der Waals surface area contributed by atoms with Crippen molar-refractivity contribution in [2.75, 3.05) is 19.6 Å². The lowest BCUT2D eigenvalue weighted by molar-refractivity contribution is -0.123. The molecule has 1 amide bonds. The summed E-state index contributed by atoms with van der Waals surface area (Å²) < 4.78 is 0. The SMILES string of the molecule is O=C1NC[C@@H]2CCNC[C@@H]12. The predicted octanol–water partition coefficient (Wildman–Crippen LogP) is -0.658. The lowest BCUT2D eigenvalue weighted by Gasteiger charge is -2.22. The van der Waals surface area contributed by atoms with E-state index in [0.29, 0.717) is 5.92 Å². The minimum Gasteiger partial charge on any atom is -0.356 e. The van der Waals surface area contributed by atoms with Gasteiger partial charge in [0.25, 0.3) is 0 Å². The molecule has 3 heteroatoms. The molecule has 0 aromatic carbocycles. The first-order valence-electron chi connectivity index (χ1n) is 3.86. The molecule has 2 aliphatic rings. The standard InChI is InChI=1S/C7H12N2O/c10-7-6-4-8-2-1-5(6)3-9-7/h5-6,8H,1-4H2,(H,9,10)/t5-,6+/m0/s1. The molecule has 56 valence electrons. The Balaban J connectivity index is 2.08. The number of fused-ring (bicyclic) bond motifs is 1. The van der Waals surface area contributed by atoms with Crippen LogP contribution in [0.25, 0.3) is 0 Å². The summed E-state index contributed by atoms with van der Waals surface area (Å²) in [6.45, 7) is 2.87. The van der Waals surface area contributed by atoms with Crippen molar-refractivity contribution in [2.45, 2.75) is 6.42 Å². The third-order valence-electron chi connectivity index (χ3n) is 2.50. The first-order chi connectivity index (χ1) is 4.88. The number of carbonyl (C=O) groups is 1. The molecule has 0 aromatic rings. The van der Waals surface area contributed by atoms with E-state index >= 15 is 0 Å². The highest BCUT2D eigenvalue weighted by molar-refractivity contribution is 5.81. The smallest absolute Gasteiger partial charge is 0.224 e. The number of nitrogens with one attached hydrogen (secondary N) is 2. The fraction of sp³-hybridized carbons (Fsp3) is 0.857. The fourth-order valence-corrected chi connectivity index (χ4v) is 1.83. The maximum Gasteiger partial charge on any atom is 0.224 e. The van der Waals surface area contributed by atoms with Crippen LogP contribution in [0, 0.1) is 11.8 Å². The van der Waals surface area contributed by atoms with Crippen LogP contribution in [0.4, 0.5) is 0 Å². The molecule has 0 aliphatic carbocycles. The number of carbonyl (C=O) groups excluding carboxylic acids is 1. The third-order valence-corrected chi connectivity index (χ3v) is 2.50. The first-order valence-corrected chi connectivity index (χ1v) is 3.86. The van der Waals surface area contributed by atoms with Crippen molar-refractivity contribution >= 4 is 5.91 Å². The Labute approximate surface area is 60.2 Å². The topological polar surface area (TPSA) is 41.1 Å². The molecule has 0 bridgehead atoms. The Kier molecular flexibility index (Phi) is 1.38. The summed E-state index contributed by atoms with van der Waals surface area (Å²) in [5.74, 6) is 1.14. The van der Waals surface area contributed by atoms with E-state index in [9.17, 15) is 4.79 Å². The van der Waals surface area contributed by atoms with Gasteiger partial charge < -0.3 is 10.6 Å². The number of piperidine rings is 1. The second kappa shape index (κ2) is 2.23. The van der Waals surface area contributed by atoms with Crippen LogP contribution in [0.5, 0.6) is 0 Å². The third kappa shape index (κ3) is 0.814. The molecular formula is C7H12N2O. The van der Waals surface area contributed by atoms with E-state index in [4.69, 9.17) is 0 Å². The predicted molar refractivity (Wildman–Crippen MR) is 37.5 cm³/mol. The highest BCUT2D eigenvalue weighted by Gasteiger charge is 2.35. The molecule has 2 rings (SSSR count). The van der Waals surface area contributed by atoms with Crippen LogP contribution < -0.4 is 10.6 Å². The van der Waals surface area contributed by atoms with Crippen LogP contribution >= 0.6 is 0 Å². The highest BCUT2D eigenvalue weighted by Crippen LogP contribution is 2.22. The fourth-order valence-electron chi connectivity index (χ4n) is 1.83. The molecule has 0 unspecified atom stereocenters. The molecule has 0 radical (unpaired) electrons. The van der Waals surface area contributed by atoms with Crippen LogP contribution in [0.3, 0.4) is 0 Å². The number of hydrogen-bond acceptors (Lipinski definition) is 2. The minimum absolute atomic E-state index is 0.247. The molecule has 2 saturated heterocycles. The summed E-state index contributed by atoms with van der Waals surface area (Å²) in [6.07, 6.45) is 1.16. The summed E-state index contributed by atoms with van der Waals surface area (Å²) in [4.78, 5) is 11.1. The Hall–Kier alpha value is -0.570. The number of rotatable bonds is 0. The van der Waals surface area contributed by atoms with E-state index in [-0.39, 0.29) is 11.8 Å². The average Bonchev–Trinajstić information content (AvgIpc) is 2.34. The minimum atomic E-state index is 0.247. The van der Waals surface area contributed by atoms with E-state index in [2.05, 4.69) is 10.6 Å². The van der Waals surface area contributed by atoms with E-state index in [1.54, 1.807) is 0 Å². The molecule has 0 spiro atoms. The van der Waals surface area contributed by atoms with Crippen molar-refractivity contribution in [1.29, 1.82) is 0 Å². The van der Waals surface area contributed by atoms with Crippen LogP contribution in [0.1, 0.15) is 6.42 Å². The molecule has 2 N–H and O–H groups in total. The van der Waals surface area contributed by atoms with Gasteiger partial charge in [0.1, 0.15) is 0 Å². The lowest BCUT2D eigenvalue weighted by Crippen LogP contribution is -2.37. The van der Waals surface area contributed by atoms with Crippen LogP contribution in [-0.4, -0.2) is 25.5 Å². The normalized spacial score (nSPS) is 39.0. The Morgan fingerprint density at radius 2 is 2.30 bits per heavy atom. The Morgan fingerprint density at radius 3 is 3.10 bits per heavy atom. The first kappa shape index (κ1) is 6.16. The number of amides is 1. The van der Waals surface area contributed by atoms with Crippen molar-refractivity contribution < 1.29 is 4.79 Å². The second-order valence-corrected chi connectivity index (χ2v) is 3.10. The summed E-state index contributed by atoms with van der Waals surface area (Å²) in [5, 5.41) is 6.11. The van der Waals surface area contributed by atoms with Crippen molar-refractivity contribution in [1.82, 2.24) is 10.6 Å². The van der Waals surface area contributed by atoms with Gasteiger partial charge in [-0.2, -0.15) is 0 Å². The van der Waals surface area contributed by atoms with Gasteiger partial charge in [-0.3, -0.25) is 4.79 Å². The van der Waals surface area contributed by atoms with E-state index < -0.39 is 0 Å². The Bertz CT molecular complexity index is 158. The average molecular weight is 140 g/mol. The van der Waals surface area contributed by atoms with E-state index in [1.807, 2.05) is 0 Å². The van der Waals surface area contributed by atoms with Crippen LogP contribution in [-0.2, 0) is 4.79 Å². The molecular weight excluding hydrogens is 128 g/mol. The van der Waals surface area contributed by atoms with Crippen LogP contribution in [0.15, 0.2) is 0 Å². The van der Waals surface area contributed by atoms with Crippen molar-refractivity contribution in [2.24, 2.45) is 11.8 Å². The van der Waals surface area contributed by atoms with Gasteiger partial charge in [0.05, 0.1) is 5.92 Å². The summed E-state index contributed by atoms with van der Waals surface area (Å²) in [7, 11) is 0. The van der Waals surface area contributed by atoms with Gasteiger partial charge in [-0.25, -0.2) is 0 Å². The number of hydrogen-bond donors (Lipinski definition) is 2. The van der Waals surface area contributed by atoms with E-state index in [0.717, 1.165) is 26.1 Å². The zero-order valence-corrected chi connectivity index (χ0v) is 5.89. The Morgan fingerprint density at radius 1 is 1.40 bits per heavy atom. The van der Waals surface area contributed by atoms with Gasteiger partial charge in [0.2, 0.25) is 5.91 Å². The molecule has 2 fully saturated rings. The molecule has 2 aliphatic heterocycles. The van der Waals surface area contributed by atoms with Gasteiger partial charge in [0, 0.05) is 13.1 Å². The monoisotopic (exact) mass is 140 g/mol. The van der Waals surface area contributed by atoms with Crippen molar-refractivity contribution in [3.63, 3.8) is 0 Å². The molecule has 2 atom stereocenters. The zero-order valence-electron chi connectivity index (χ0n) is 5.89. The summed E-state index contributed by atoms with van der Waals surface area (Å²) in [5.41, 5.74) is 0. The van der Waals surface area contributed by atoms with E-state index in [1.165, 1.54) is 0 Å². The van der Waals surface area contributed by atoms with Gasteiger partial charge in [-0.05, 0) is 18.9 Å². The molecule has 3 nitrogen and oxygen atoms in total. The molecule has 0 aromatic heterocycles. The second-order valence-electron chi connectivity index (χ2n) is 3.10. The largest absolute Gasteiger partial charge is 0.356 e. The quantitative estimate of drug-likeness (QED) is 0.469. The summed E-state index contributed by atoms with van der Waals surface area (Å²) >= 11 is 0. The maximum atomic E-state index is 11.1. The molecule has 10 heavy (non-hydrogen) atoms.